The van der Waals surface area contributed by atoms with Gasteiger partial charge in [-0.25, -0.2) is 0 Å². The van der Waals surface area contributed by atoms with E-state index in [4.69, 9.17) is 4.74 Å². The maximum atomic E-state index is 12.6. The highest BCUT2D eigenvalue weighted by Gasteiger charge is 2.34. The summed E-state index contributed by atoms with van der Waals surface area (Å²) in [5.41, 5.74) is 0.363. The first kappa shape index (κ1) is 15.2. The number of alkyl halides is 3. The van der Waals surface area contributed by atoms with Gasteiger partial charge in [0.05, 0.1) is 18.8 Å². The minimum absolute atomic E-state index is 0.220. The lowest BCUT2D eigenvalue weighted by molar-refractivity contribution is -0.143. The lowest BCUT2D eigenvalue weighted by Crippen LogP contribution is -2.11. The minimum atomic E-state index is -4.39. The molecule has 2 aromatic rings. The Morgan fingerprint density at radius 3 is 2.43 bits per heavy atom. The molecule has 0 atom stereocenters. The van der Waals surface area contributed by atoms with E-state index in [9.17, 15) is 13.2 Å². The molecule has 1 aromatic carbocycles. The Labute approximate surface area is 120 Å². The number of aryl methyl sites for hydroxylation is 1. The maximum Gasteiger partial charge on any atom is 0.433 e. The average Bonchev–Trinajstić information content (AvgIpc) is 2.80. The third-order valence-corrected chi connectivity index (χ3v) is 2.86. The van der Waals surface area contributed by atoms with Gasteiger partial charge in [0.1, 0.15) is 11.4 Å². The fraction of sp³-hybridized carbons (Fsp3) is 0.357. The summed E-state index contributed by atoms with van der Waals surface area (Å²) in [5.74, 6) is 0.750. The molecule has 7 heteroatoms. The topological polar surface area (TPSA) is 39.1 Å². The zero-order valence-electron chi connectivity index (χ0n) is 11.7. The molecule has 4 nitrogen and oxygen atoms in total. The number of rotatable bonds is 5. The minimum Gasteiger partial charge on any atom is -0.494 e. The summed E-state index contributed by atoms with van der Waals surface area (Å²) in [5, 5.41) is 6.87. The van der Waals surface area contributed by atoms with Gasteiger partial charge in [-0.15, -0.1) is 0 Å². The van der Waals surface area contributed by atoms with E-state index in [1.807, 2.05) is 6.92 Å². The molecule has 0 aliphatic heterocycles. The molecule has 0 bridgehead atoms. The number of hydrogen-bond donors (Lipinski definition) is 1. The molecule has 1 N–H and O–H groups in total. The molecule has 0 saturated carbocycles. The highest BCUT2D eigenvalue weighted by atomic mass is 19.4. The molecule has 1 heterocycles. The normalized spacial score (nSPS) is 11.5. The van der Waals surface area contributed by atoms with Gasteiger partial charge >= 0.3 is 6.18 Å². The lowest BCUT2D eigenvalue weighted by Gasteiger charge is -2.06. The Hall–Kier alpha value is -2.18. The number of aromatic nitrogens is 2. The standard InChI is InChI=1S/C14H16F3N3O/c1-3-21-12-6-4-10(5-7-12)18-9-11-8-13(14(15,16)17)20(2)19-11/h4-8,18H,3,9H2,1-2H3. The molecule has 0 saturated heterocycles. The fourth-order valence-corrected chi connectivity index (χ4v) is 1.91. The van der Waals surface area contributed by atoms with E-state index < -0.39 is 11.9 Å². The van der Waals surface area contributed by atoms with Crippen LogP contribution in [0.2, 0.25) is 0 Å². The molecular formula is C14H16F3N3O. The summed E-state index contributed by atoms with van der Waals surface area (Å²) in [6.45, 7) is 2.70. The molecule has 21 heavy (non-hydrogen) atoms. The Morgan fingerprint density at radius 2 is 1.90 bits per heavy atom. The molecule has 2 rings (SSSR count). The van der Waals surface area contributed by atoms with Gasteiger partial charge in [-0.2, -0.15) is 18.3 Å². The van der Waals surface area contributed by atoms with E-state index in [2.05, 4.69) is 10.4 Å². The van der Waals surface area contributed by atoms with Gasteiger partial charge in [-0.1, -0.05) is 0 Å². The van der Waals surface area contributed by atoms with Gasteiger partial charge in [-0.05, 0) is 37.3 Å². The number of anilines is 1. The molecule has 114 valence electrons. The second-order valence-electron chi connectivity index (χ2n) is 4.45. The molecule has 0 aliphatic rings. The zero-order valence-corrected chi connectivity index (χ0v) is 11.7. The predicted molar refractivity (Wildman–Crippen MR) is 73.1 cm³/mol. The van der Waals surface area contributed by atoms with Crippen molar-refractivity contribution in [2.24, 2.45) is 7.05 Å². The van der Waals surface area contributed by atoms with Gasteiger partial charge in [0.2, 0.25) is 0 Å². The van der Waals surface area contributed by atoms with Gasteiger partial charge in [0.15, 0.2) is 0 Å². The van der Waals surface area contributed by atoms with Crippen molar-refractivity contribution >= 4 is 5.69 Å². The Balaban J connectivity index is 2.00. The summed E-state index contributed by atoms with van der Waals surface area (Å²) >= 11 is 0. The van der Waals surface area contributed by atoms with Crippen LogP contribution in [0.15, 0.2) is 30.3 Å². The van der Waals surface area contributed by atoms with E-state index in [0.29, 0.717) is 12.3 Å². The van der Waals surface area contributed by atoms with Gasteiger partial charge < -0.3 is 10.1 Å². The first-order chi connectivity index (χ1) is 9.90. The number of hydrogen-bond acceptors (Lipinski definition) is 3. The summed E-state index contributed by atoms with van der Waals surface area (Å²) in [7, 11) is 1.28. The van der Waals surface area contributed by atoms with E-state index >= 15 is 0 Å². The Kier molecular flexibility index (Phi) is 4.40. The largest absolute Gasteiger partial charge is 0.494 e. The van der Waals surface area contributed by atoms with Crippen LogP contribution >= 0.6 is 0 Å². The van der Waals surface area contributed by atoms with Crippen molar-refractivity contribution in [2.45, 2.75) is 19.6 Å². The summed E-state index contributed by atoms with van der Waals surface area (Å²) in [6, 6.07) is 8.25. The highest BCUT2D eigenvalue weighted by Crippen LogP contribution is 2.29. The number of nitrogens with one attached hydrogen (secondary N) is 1. The van der Waals surface area contributed by atoms with Crippen LogP contribution in [0.4, 0.5) is 18.9 Å². The van der Waals surface area contributed by atoms with Crippen LogP contribution in [-0.2, 0) is 19.8 Å². The molecule has 0 aliphatic carbocycles. The van der Waals surface area contributed by atoms with Crippen LogP contribution < -0.4 is 10.1 Å². The van der Waals surface area contributed by atoms with Crippen LogP contribution in [0.3, 0.4) is 0 Å². The summed E-state index contributed by atoms with van der Waals surface area (Å²) in [4.78, 5) is 0. The van der Waals surface area contributed by atoms with Crippen LogP contribution in [0.5, 0.6) is 5.75 Å². The van der Waals surface area contributed by atoms with Gasteiger partial charge in [0.25, 0.3) is 0 Å². The first-order valence-corrected chi connectivity index (χ1v) is 6.47. The third-order valence-electron chi connectivity index (χ3n) is 2.86. The Morgan fingerprint density at radius 1 is 1.24 bits per heavy atom. The van der Waals surface area contributed by atoms with Crippen molar-refractivity contribution in [2.75, 3.05) is 11.9 Å². The van der Waals surface area contributed by atoms with Crippen molar-refractivity contribution in [1.29, 1.82) is 0 Å². The molecule has 1 aromatic heterocycles. The van der Waals surface area contributed by atoms with Crippen molar-refractivity contribution < 1.29 is 17.9 Å². The molecule has 0 radical (unpaired) electrons. The van der Waals surface area contributed by atoms with Gasteiger partial charge in [-0.3, -0.25) is 4.68 Å². The second-order valence-corrected chi connectivity index (χ2v) is 4.45. The average molecular weight is 299 g/mol. The lowest BCUT2D eigenvalue weighted by atomic mass is 10.3. The van der Waals surface area contributed by atoms with Crippen LogP contribution in [0.1, 0.15) is 18.3 Å². The first-order valence-electron chi connectivity index (χ1n) is 6.47. The van der Waals surface area contributed by atoms with Crippen LogP contribution in [0, 0.1) is 0 Å². The zero-order chi connectivity index (χ0) is 15.5. The van der Waals surface area contributed by atoms with Crippen molar-refractivity contribution in [3.05, 3.63) is 41.7 Å². The molecule has 0 amide bonds. The number of benzene rings is 1. The van der Waals surface area contributed by atoms with E-state index in [-0.39, 0.29) is 6.54 Å². The number of halogens is 3. The molecule has 0 spiro atoms. The summed E-state index contributed by atoms with van der Waals surface area (Å²) in [6.07, 6.45) is -4.39. The fourth-order valence-electron chi connectivity index (χ4n) is 1.91. The molecule has 0 fully saturated rings. The van der Waals surface area contributed by atoms with Crippen molar-refractivity contribution in [1.82, 2.24) is 9.78 Å². The van der Waals surface area contributed by atoms with E-state index in [1.165, 1.54) is 7.05 Å². The highest BCUT2D eigenvalue weighted by molar-refractivity contribution is 5.46. The van der Waals surface area contributed by atoms with E-state index in [1.54, 1.807) is 24.3 Å². The smallest absolute Gasteiger partial charge is 0.433 e. The van der Waals surface area contributed by atoms with Crippen molar-refractivity contribution in [3.8, 4) is 5.75 Å². The number of ether oxygens (including phenoxy) is 1. The third kappa shape index (κ3) is 3.90. The predicted octanol–water partition coefficient (Wildman–Crippen LogP) is 3.45. The molecular weight excluding hydrogens is 283 g/mol. The van der Waals surface area contributed by atoms with E-state index in [0.717, 1.165) is 22.2 Å². The SMILES string of the molecule is CCOc1ccc(NCc2cc(C(F)(F)F)n(C)n2)cc1. The quantitative estimate of drug-likeness (QED) is 0.919. The van der Waals surface area contributed by atoms with Gasteiger partial charge in [0, 0.05) is 12.7 Å². The molecule has 0 unspecified atom stereocenters. The Bertz CT molecular complexity index is 591. The van der Waals surface area contributed by atoms with Crippen LogP contribution in [0.25, 0.3) is 0 Å². The van der Waals surface area contributed by atoms with Crippen molar-refractivity contribution in [3.63, 3.8) is 0 Å². The summed E-state index contributed by atoms with van der Waals surface area (Å²) < 4.78 is 44.1. The van der Waals surface area contributed by atoms with Crippen LogP contribution in [-0.4, -0.2) is 16.4 Å². The monoisotopic (exact) mass is 299 g/mol. The maximum absolute atomic E-state index is 12.6. The second kappa shape index (κ2) is 6.07. The number of nitrogens with zero attached hydrogens (tertiary/aromatic N) is 2.